The Balaban J connectivity index is 3.35. The number of carbonyl (C=O) groups is 1. The maximum atomic E-state index is 11.2. The second-order valence-electron chi connectivity index (χ2n) is 2.53. The van der Waals surface area contributed by atoms with Crippen LogP contribution in [0.5, 0.6) is 5.75 Å². The predicted molar refractivity (Wildman–Crippen MR) is 63.4 cm³/mol. The van der Waals surface area contributed by atoms with Crippen LogP contribution in [0, 0.1) is 3.57 Å². The summed E-state index contributed by atoms with van der Waals surface area (Å²) in [6, 6.07) is 3.70. The van der Waals surface area contributed by atoms with Gasteiger partial charge in [-0.15, -0.1) is 0 Å². The molecule has 0 aromatic heterocycles. The Morgan fingerprint density at radius 1 is 1.54 bits per heavy atom. The Kier molecular flexibility index (Phi) is 3.73. The zero-order chi connectivity index (χ0) is 10.0. The molecule has 0 spiro atoms. The number of hydrogen-bond donors (Lipinski definition) is 0. The summed E-state index contributed by atoms with van der Waals surface area (Å²) < 4.78 is 6.83. The summed E-state index contributed by atoms with van der Waals surface area (Å²) in [5.74, 6) is 0.723. The average molecular weight is 355 g/mol. The summed E-state index contributed by atoms with van der Waals surface area (Å²) in [5.41, 5.74) is 0.656. The minimum atomic E-state index is 0.0312. The lowest BCUT2D eigenvalue weighted by Crippen LogP contribution is -1.97. The van der Waals surface area contributed by atoms with Crippen molar-refractivity contribution in [2.75, 3.05) is 7.11 Å². The molecule has 0 bridgehead atoms. The molecule has 0 saturated heterocycles. The molecule has 1 aromatic carbocycles. The molecule has 4 heteroatoms. The van der Waals surface area contributed by atoms with E-state index in [2.05, 4.69) is 38.5 Å². The Labute approximate surface area is 98.9 Å². The molecule has 0 atom stereocenters. The van der Waals surface area contributed by atoms with Crippen molar-refractivity contribution in [3.8, 4) is 5.75 Å². The zero-order valence-corrected chi connectivity index (χ0v) is 11.0. The Hall–Kier alpha value is -0.100. The van der Waals surface area contributed by atoms with Crippen LogP contribution in [0.2, 0.25) is 0 Å². The number of hydrogen-bond acceptors (Lipinski definition) is 2. The molecule has 0 saturated carbocycles. The first-order valence-electron chi connectivity index (χ1n) is 3.60. The maximum Gasteiger partial charge on any atom is 0.161 e. The van der Waals surface area contributed by atoms with Crippen LogP contribution in [0.1, 0.15) is 17.3 Å². The van der Waals surface area contributed by atoms with Gasteiger partial charge in [-0.3, -0.25) is 4.79 Å². The molecule has 0 fully saturated rings. The normalized spacial score (nSPS) is 9.85. The number of halogens is 2. The van der Waals surface area contributed by atoms with E-state index in [1.54, 1.807) is 7.11 Å². The lowest BCUT2D eigenvalue weighted by Gasteiger charge is -2.07. The first kappa shape index (κ1) is 11.0. The number of Topliss-reactive ketones (excluding diaryl/α,β-unsaturated/α-hetero) is 1. The van der Waals surface area contributed by atoms with Crippen molar-refractivity contribution in [2.45, 2.75) is 6.92 Å². The minimum Gasteiger partial charge on any atom is -0.496 e. The summed E-state index contributed by atoms with van der Waals surface area (Å²) >= 11 is 5.48. The van der Waals surface area contributed by atoms with Crippen molar-refractivity contribution in [1.82, 2.24) is 0 Å². The van der Waals surface area contributed by atoms with Gasteiger partial charge in [0.25, 0.3) is 0 Å². The van der Waals surface area contributed by atoms with E-state index in [1.165, 1.54) is 6.92 Å². The number of methoxy groups -OCH3 is 1. The van der Waals surface area contributed by atoms with E-state index in [9.17, 15) is 4.79 Å². The molecule has 70 valence electrons. The topological polar surface area (TPSA) is 26.3 Å². The van der Waals surface area contributed by atoms with Crippen LogP contribution in [0.15, 0.2) is 16.6 Å². The van der Waals surface area contributed by atoms with E-state index in [0.717, 1.165) is 8.04 Å². The molecule has 0 unspecified atom stereocenters. The van der Waals surface area contributed by atoms with Crippen LogP contribution in [0.3, 0.4) is 0 Å². The monoisotopic (exact) mass is 354 g/mol. The third-order valence-corrected chi connectivity index (χ3v) is 3.04. The van der Waals surface area contributed by atoms with Crippen molar-refractivity contribution in [2.24, 2.45) is 0 Å². The second-order valence-corrected chi connectivity index (χ2v) is 4.56. The van der Waals surface area contributed by atoms with E-state index in [4.69, 9.17) is 4.74 Å². The van der Waals surface area contributed by atoms with Crippen LogP contribution in [-0.2, 0) is 0 Å². The van der Waals surface area contributed by atoms with E-state index in [-0.39, 0.29) is 5.78 Å². The summed E-state index contributed by atoms with van der Waals surface area (Å²) in [6.45, 7) is 1.54. The molecular formula is C9H8BrIO2. The van der Waals surface area contributed by atoms with Crippen LogP contribution in [0.25, 0.3) is 0 Å². The number of ketones is 1. The first-order valence-corrected chi connectivity index (χ1v) is 5.47. The molecule has 0 aliphatic carbocycles. The molecule has 0 heterocycles. The van der Waals surface area contributed by atoms with E-state index in [1.807, 2.05) is 12.1 Å². The highest BCUT2D eigenvalue weighted by Crippen LogP contribution is 2.31. The summed E-state index contributed by atoms with van der Waals surface area (Å²) in [7, 11) is 1.58. The van der Waals surface area contributed by atoms with Gasteiger partial charge < -0.3 is 4.74 Å². The molecule has 1 rings (SSSR count). The van der Waals surface area contributed by atoms with Gasteiger partial charge in [0, 0.05) is 9.13 Å². The van der Waals surface area contributed by atoms with Crippen LogP contribution in [-0.4, -0.2) is 12.9 Å². The fraction of sp³-hybridized carbons (Fsp3) is 0.222. The van der Waals surface area contributed by atoms with Crippen molar-refractivity contribution >= 4 is 44.3 Å². The van der Waals surface area contributed by atoms with Crippen molar-refractivity contribution in [3.63, 3.8) is 0 Å². The highest BCUT2D eigenvalue weighted by molar-refractivity contribution is 14.1. The lowest BCUT2D eigenvalue weighted by atomic mass is 10.1. The fourth-order valence-corrected chi connectivity index (χ4v) is 2.23. The fourth-order valence-electron chi connectivity index (χ4n) is 0.969. The molecule has 0 radical (unpaired) electrons. The lowest BCUT2D eigenvalue weighted by molar-refractivity contribution is 0.101. The Morgan fingerprint density at radius 3 is 2.62 bits per heavy atom. The Morgan fingerprint density at radius 2 is 2.15 bits per heavy atom. The van der Waals surface area contributed by atoms with Crippen molar-refractivity contribution in [1.29, 1.82) is 0 Å². The molecule has 1 aromatic rings. The van der Waals surface area contributed by atoms with Gasteiger partial charge in [0.2, 0.25) is 0 Å². The quantitative estimate of drug-likeness (QED) is 0.602. The van der Waals surface area contributed by atoms with Gasteiger partial charge >= 0.3 is 0 Å². The number of ether oxygens (including phenoxy) is 1. The third kappa shape index (κ3) is 2.43. The first-order chi connectivity index (χ1) is 6.06. The van der Waals surface area contributed by atoms with E-state index >= 15 is 0 Å². The van der Waals surface area contributed by atoms with E-state index < -0.39 is 0 Å². The van der Waals surface area contributed by atoms with Crippen LogP contribution in [0.4, 0.5) is 0 Å². The van der Waals surface area contributed by atoms with Gasteiger partial charge in [0.15, 0.2) is 5.78 Å². The average Bonchev–Trinajstić information content (AvgIpc) is 2.08. The van der Waals surface area contributed by atoms with Gasteiger partial charge in [0.1, 0.15) is 5.75 Å². The van der Waals surface area contributed by atoms with Crippen molar-refractivity contribution in [3.05, 3.63) is 25.7 Å². The molecular weight excluding hydrogens is 347 g/mol. The van der Waals surface area contributed by atoms with Crippen LogP contribution >= 0.6 is 38.5 Å². The summed E-state index contributed by atoms with van der Waals surface area (Å²) in [4.78, 5) is 11.2. The van der Waals surface area contributed by atoms with Gasteiger partial charge in [-0.2, -0.15) is 0 Å². The second kappa shape index (κ2) is 4.41. The molecule has 0 aliphatic heterocycles. The van der Waals surface area contributed by atoms with Gasteiger partial charge in [-0.05, 0) is 57.6 Å². The van der Waals surface area contributed by atoms with Gasteiger partial charge in [-0.1, -0.05) is 0 Å². The maximum absolute atomic E-state index is 11.2. The standard InChI is InChI=1S/C9H8BrIO2/c1-5(12)7-3-6(11)4-8(13-2)9(7)10/h3-4H,1-2H3. The van der Waals surface area contributed by atoms with Crippen molar-refractivity contribution < 1.29 is 9.53 Å². The SMILES string of the molecule is COc1cc(I)cc(C(C)=O)c1Br. The highest BCUT2D eigenvalue weighted by Gasteiger charge is 2.11. The highest BCUT2D eigenvalue weighted by atomic mass is 127. The molecule has 0 aliphatic rings. The largest absolute Gasteiger partial charge is 0.496 e. The smallest absolute Gasteiger partial charge is 0.161 e. The number of rotatable bonds is 2. The molecule has 0 amide bonds. The minimum absolute atomic E-state index is 0.0312. The number of carbonyl (C=O) groups excluding carboxylic acids is 1. The Bertz CT molecular complexity index is 350. The third-order valence-electron chi connectivity index (χ3n) is 1.60. The summed E-state index contributed by atoms with van der Waals surface area (Å²) in [5, 5.41) is 0. The molecule has 13 heavy (non-hydrogen) atoms. The van der Waals surface area contributed by atoms with Gasteiger partial charge in [-0.25, -0.2) is 0 Å². The van der Waals surface area contributed by atoms with E-state index in [0.29, 0.717) is 11.3 Å². The van der Waals surface area contributed by atoms with Crippen LogP contribution < -0.4 is 4.74 Å². The number of benzene rings is 1. The summed E-state index contributed by atoms with van der Waals surface area (Å²) in [6.07, 6.45) is 0. The molecule has 0 N–H and O–H groups in total. The predicted octanol–water partition coefficient (Wildman–Crippen LogP) is 3.26. The zero-order valence-electron chi connectivity index (χ0n) is 7.23. The van der Waals surface area contributed by atoms with Gasteiger partial charge in [0.05, 0.1) is 11.6 Å². The molecule has 2 nitrogen and oxygen atoms in total.